The van der Waals surface area contributed by atoms with Crippen LogP contribution >= 0.6 is 11.3 Å². The van der Waals surface area contributed by atoms with Crippen molar-refractivity contribution in [3.05, 3.63) is 76.0 Å². The Bertz CT molecular complexity index is 1290. The maximum atomic E-state index is 13.2. The Morgan fingerprint density at radius 3 is 2.69 bits per heavy atom. The van der Waals surface area contributed by atoms with Gasteiger partial charge in [-0.2, -0.15) is 0 Å². The number of hydrogen-bond acceptors (Lipinski definition) is 6. The quantitative estimate of drug-likeness (QED) is 0.514. The third-order valence-electron chi connectivity index (χ3n) is 6.57. The van der Waals surface area contributed by atoms with Gasteiger partial charge in [0.2, 0.25) is 5.91 Å². The maximum absolute atomic E-state index is 13.2. The number of benzene rings is 2. The average molecular weight is 491 g/mol. The number of carbonyl (C=O) groups is 3. The van der Waals surface area contributed by atoms with Gasteiger partial charge < -0.3 is 20.3 Å². The average Bonchev–Trinajstić information content (AvgIpc) is 3.42. The molecule has 2 N–H and O–H groups in total. The number of imide groups is 1. The Hall–Kier alpha value is -3.85. The lowest BCUT2D eigenvalue weighted by molar-refractivity contribution is -0.133. The Kier molecular flexibility index (Phi) is 5.94. The molecule has 2 aromatic carbocycles. The number of hydrogen-bond donors (Lipinski definition) is 2. The second-order valence-electron chi connectivity index (χ2n) is 8.78. The Balaban J connectivity index is 1.29. The first-order valence-electron chi connectivity index (χ1n) is 11.4. The molecule has 1 fully saturated rings. The largest absolute Gasteiger partial charge is 0.497 e. The van der Waals surface area contributed by atoms with Crippen LogP contribution in [-0.2, 0) is 28.1 Å². The summed E-state index contributed by atoms with van der Waals surface area (Å²) < 4.78 is 5.17. The van der Waals surface area contributed by atoms with Crippen molar-refractivity contribution in [2.24, 2.45) is 0 Å². The Labute approximate surface area is 207 Å². The van der Waals surface area contributed by atoms with E-state index in [-0.39, 0.29) is 6.54 Å². The van der Waals surface area contributed by atoms with Crippen molar-refractivity contribution in [3.63, 3.8) is 0 Å². The molecule has 0 radical (unpaired) electrons. The maximum Gasteiger partial charge on any atom is 0.325 e. The van der Waals surface area contributed by atoms with Crippen molar-refractivity contribution in [2.75, 3.05) is 30.4 Å². The van der Waals surface area contributed by atoms with Crippen LogP contribution in [0.5, 0.6) is 5.75 Å². The molecule has 0 spiro atoms. The van der Waals surface area contributed by atoms with E-state index in [2.05, 4.69) is 27.0 Å². The number of urea groups is 1. The lowest BCUT2D eigenvalue weighted by atomic mass is 9.92. The molecule has 35 heavy (non-hydrogen) atoms. The van der Waals surface area contributed by atoms with Gasteiger partial charge in [0.25, 0.3) is 5.91 Å². The van der Waals surface area contributed by atoms with Crippen LogP contribution in [0.3, 0.4) is 0 Å². The number of carbonyl (C=O) groups excluding carboxylic acids is 3. The van der Waals surface area contributed by atoms with Gasteiger partial charge in [0.15, 0.2) is 0 Å². The number of anilines is 2. The van der Waals surface area contributed by atoms with Gasteiger partial charge in [0.1, 0.15) is 17.8 Å². The first kappa shape index (κ1) is 22.9. The summed E-state index contributed by atoms with van der Waals surface area (Å²) in [5, 5.41) is 7.75. The third-order valence-corrected chi connectivity index (χ3v) is 7.59. The summed E-state index contributed by atoms with van der Waals surface area (Å²) in [7, 11) is 1.56. The van der Waals surface area contributed by atoms with Crippen molar-refractivity contribution in [1.82, 2.24) is 10.2 Å². The Morgan fingerprint density at radius 1 is 1.14 bits per heavy atom. The molecule has 0 bridgehead atoms. The monoisotopic (exact) mass is 490 g/mol. The predicted molar refractivity (Wildman–Crippen MR) is 135 cm³/mol. The smallest absolute Gasteiger partial charge is 0.325 e. The molecule has 5 rings (SSSR count). The Morgan fingerprint density at radius 2 is 1.91 bits per heavy atom. The van der Waals surface area contributed by atoms with Crippen LogP contribution in [0.4, 0.5) is 16.2 Å². The van der Waals surface area contributed by atoms with Crippen molar-refractivity contribution >= 4 is 40.6 Å². The number of amides is 4. The highest BCUT2D eigenvalue weighted by Crippen LogP contribution is 2.33. The standard InChI is InChI=1S/C26H26N4O4S/c1-26(18-7-9-19(34-2)10-8-18)24(32)30(25(33)28-26)16-23(31)27-20-5-3-4-6-21(20)29-13-11-22-17(15-29)12-14-35-22/h3-10,12,14H,11,13,15-16H2,1-2H3,(H,27,31)(H,28,33). The normalized spacial score (nSPS) is 19.4. The molecule has 4 amide bonds. The van der Waals surface area contributed by atoms with Gasteiger partial charge in [0.05, 0.1) is 18.5 Å². The zero-order chi connectivity index (χ0) is 24.6. The molecular formula is C26H26N4O4S. The van der Waals surface area contributed by atoms with Gasteiger partial charge in [-0.3, -0.25) is 14.5 Å². The van der Waals surface area contributed by atoms with Crippen molar-refractivity contribution in [2.45, 2.75) is 25.4 Å². The highest BCUT2D eigenvalue weighted by Gasteiger charge is 2.49. The summed E-state index contributed by atoms with van der Waals surface area (Å²) in [4.78, 5) is 43.4. The fourth-order valence-electron chi connectivity index (χ4n) is 4.60. The number of rotatable bonds is 6. The number of methoxy groups -OCH3 is 1. The van der Waals surface area contributed by atoms with E-state index in [1.807, 2.05) is 24.3 Å². The molecule has 0 saturated carbocycles. The van der Waals surface area contributed by atoms with Crippen molar-refractivity contribution in [3.8, 4) is 5.75 Å². The van der Waals surface area contributed by atoms with E-state index in [0.717, 1.165) is 30.1 Å². The number of para-hydroxylation sites is 2. The summed E-state index contributed by atoms with van der Waals surface area (Å²) >= 11 is 1.78. The minimum absolute atomic E-state index is 0.376. The van der Waals surface area contributed by atoms with Gasteiger partial charge in [-0.15, -0.1) is 11.3 Å². The molecule has 0 aliphatic carbocycles. The SMILES string of the molecule is COc1ccc(C2(C)NC(=O)N(CC(=O)Nc3ccccc3N3CCc4sccc4C3)C2=O)cc1. The second-order valence-corrected chi connectivity index (χ2v) is 9.78. The van der Waals surface area contributed by atoms with E-state index in [1.165, 1.54) is 10.4 Å². The summed E-state index contributed by atoms with van der Waals surface area (Å²) in [6.45, 7) is 2.89. The van der Waals surface area contributed by atoms with E-state index >= 15 is 0 Å². The minimum Gasteiger partial charge on any atom is -0.497 e. The molecule has 9 heteroatoms. The zero-order valence-electron chi connectivity index (χ0n) is 19.5. The number of thiophene rings is 1. The summed E-state index contributed by atoms with van der Waals surface area (Å²) in [5.74, 6) is -0.266. The van der Waals surface area contributed by atoms with Crippen molar-refractivity contribution in [1.29, 1.82) is 0 Å². The number of nitrogens with zero attached hydrogens (tertiary/aromatic N) is 2. The second kappa shape index (κ2) is 9.07. The molecule has 1 atom stereocenters. The molecule has 1 saturated heterocycles. The summed E-state index contributed by atoms with van der Waals surface area (Å²) in [6.07, 6.45) is 0.960. The molecule has 2 aliphatic rings. The van der Waals surface area contributed by atoms with Crippen LogP contribution in [0.1, 0.15) is 22.9 Å². The van der Waals surface area contributed by atoms with Gasteiger partial charge in [-0.05, 0) is 60.2 Å². The molecule has 8 nitrogen and oxygen atoms in total. The molecule has 2 aliphatic heterocycles. The van der Waals surface area contributed by atoms with E-state index < -0.39 is 23.4 Å². The van der Waals surface area contributed by atoms with Crippen LogP contribution in [0.25, 0.3) is 0 Å². The first-order chi connectivity index (χ1) is 16.9. The predicted octanol–water partition coefficient (Wildman–Crippen LogP) is 3.73. The number of nitrogens with one attached hydrogen (secondary N) is 2. The number of ether oxygens (including phenoxy) is 1. The van der Waals surface area contributed by atoms with Crippen molar-refractivity contribution < 1.29 is 19.1 Å². The zero-order valence-corrected chi connectivity index (χ0v) is 20.4. The lowest BCUT2D eigenvalue weighted by Crippen LogP contribution is -2.42. The molecule has 1 aromatic heterocycles. The summed E-state index contributed by atoms with van der Waals surface area (Å²) in [5.41, 5.74) is 2.23. The minimum atomic E-state index is -1.26. The molecule has 3 aromatic rings. The summed E-state index contributed by atoms with van der Waals surface area (Å²) in [6, 6.07) is 16.1. The molecule has 1 unspecified atom stereocenters. The lowest BCUT2D eigenvalue weighted by Gasteiger charge is -2.30. The van der Waals surface area contributed by atoms with Gasteiger partial charge in [0, 0.05) is 18.0 Å². The molecular weight excluding hydrogens is 464 g/mol. The third kappa shape index (κ3) is 4.23. The topological polar surface area (TPSA) is 91.0 Å². The fourth-order valence-corrected chi connectivity index (χ4v) is 5.49. The van der Waals surface area contributed by atoms with E-state index in [4.69, 9.17) is 4.74 Å². The van der Waals surface area contributed by atoms with E-state index in [0.29, 0.717) is 17.0 Å². The van der Waals surface area contributed by atoms with Crippen LogP contribution in [0.2, 0.25) is 0 Å². The number of fused-ring (bicyclic) bond motifs is 1. The van der Waals surface area contributed by atoms with E-state index in [1.54, 1.807) is 49.6 Å². The van der Waals surface area contributed by atoms with Crippen LogP contribution in [0.15, 0.2) is 60.0 Å². The van der Waals surface area contributed by atoms with Gasteiger partial charge in [-0.25, -0.2) is 4.79 Å². The van der Waals surface area contributed by atoms with Crippen LogP contribution in [0, 0.1) is 0 Å². The van der Waals surface area contributed by atoms with Gasteiger partial charge >= 0.3 is 6.03 Å². The van der Waals surface area contributed by atoms with Crippen LogP contribution in [-0.4, -0.2) is 42.9 Å². The van der Waals surface area contributed by atoms with E-state index in [9.17, 15) is 14.4 Å². The first-order valence-corrected chi connectivity index (χ1v) is 12.2. The highest BCUT2D eigenvalue weighted by molar-refractivity contribution is 7.10. The fraction of sp³-hybridized carbons (Fsp3) is 0.269. The van der Waals surface area contributed by atoms with Gasteiger partial charge in [-0.1, -0.05) is 24.3 Å². The molecule has 3 heterocycles. The highest BCUT2D eigenvalue weighted by atomic mass is 32.1. The molecule has 180 valence electrons. The van der Waals surface area contributed by atoms with Crippen LogP contribution < -0.4 is 20.3 Å².